The third kappa shape index (κ3) is 4.91. The monoisotopic (exact) mass is 493 g/mol. The fourth-order valence-corrected chi connectivity index (χ4v) is 5.25. The minimum Gasteiger partial charge on any atom is -0.325 e. The summed E-state index contributed by atoms with van der Waals surface area (Å²) in [6.07, 6.45) is 0.603. The highest BCUT2D eigenvalue weighted by Crippen LogP contribution is 2.33. The molecule has 1 atom stereocenters. The van der Waals surface area contributed by atoms with E-state index in [1.165, 1.54) is 13.0 Å². The number of fused-ring (bicyclic) bond motifs is 1. The maximum atomic E-state index is 12.6. The number of anilines is 2. The van der Waals surface area contributed by atoms with E-state index in [1.54, 1.807) is 23.1 Å². The van der Waals surface area contributed by atoms with Gasteiger partial charge in [0.2, 0.25) is 21.8 Å². The molecule has 7 nitrogen and oxygen atoms in total. The fourth-order valence-electron chi connectivity index (χ4n) is 3.57. The Labute approximate surface area is 185 Å². The molecule has 0 aromatic heterocycles. The van der Waals surface area contributed by atoms with E-state index in [0.29, 0.717) is 12.1 Å². The molecule has 2 N–H and O–H groups in total. The molecule has 9 heteroatoms. The zero-order valence-corrected chi connectivity index (χ0v) is 19.4. The number of hydrogen-bond acceptors (Lipinski definition) is 4. The Bertz CT molecular complexity index is 1100. The third-order valence-electron chi connectivity index (χ3n) is 4.96. The molecule has 1 aliphatic heterocycles. The van der Waals surface area contributed by atoms with Crippen LogP contribution in [0, 0.1) is 6.92 Å². The lowest BCUT2D eigenvalue weighted by molar-refractivity contribution is -0.117. The molecule has 0 aliphatic carbocycles. The number of nitrogens with one attached hydrogen (secondary N) is 2. The van der Waals surface area contributed by atoms with Crippen molar-refractivity contribution in [3.05, 3.63) is 52.0 Å². The number of hydrogen-bond donors (Lipinski definition) is 2. The standard InChI is InChI=1S/C21H24BrN3O4S/c1-13-4-6-19(18(22)10-13)24-21(27)8-9-23-30(28,29)17-5-7-20-16(12-17)11-14(2)25(20)15(3)26/h4-7,10,12,14,23H,8-9,11H2,1-3H3,(H,24,27)/t14-/m0/s1. The van der Waals surface area contributed by atoms with E-state index in [0.717, 1.165) is 21.3 Å². The van der Waals surface area contributed by atoms with Crippen molar-refractivity contribution in [1.29, 1.82) is 0 Å². The van der Waals surface area contributed by atoms with Gasteiger partial charge in [0.25, 0.3) is 0 Å². The van der Waals surface area contributed by atoms with Gasteiger partial charge in [-0.15, -0.1) is 0 Å². The van der Waals surface area contributed by atoms with Gasteiger partial charge in [-0.3, -0.25) is 9.59 Å². The summed E-state index contributed by atoms with van der Waals surface area (Å²) in [5, 5.41) is 2.76. The Kier molecular flexibility index (Phi) is 6.64. The molecule has 160 valence electrons. The first-order valence-corrected chi connectivity index (χ1v) is 11.8. The second-order valence-electron chi connectivity index (χ2n) is 7.41. The van der Waals surface area contributed by atoms with Crippen LogP contribution in [-0.2, 0) is 26.0 Å². The minimum atomic E-state index is -3.76. The molecule has 0 unspecified atom stereocenters. The van der Waals surface area contributed by atoms with E-state index >= 15 is 0 Å². The van der Waals surface area contributed by atoms with Gasteiger partial charge in [0.15, 0.2) is 0 Å². The molecular weight excluding hydrogens is 470 g/mol. The van der Waals surface area contributed by atoms with Crippen LogP contribution in [0.1, 0.15) is 31.4 Å². The minimum absolute atomic E-state index is 0.000362. The van der Waals surface area contributed by atoms with Crippen LogP contribution in [0.2, 0.25) is 0 Å². The molecule has 0 bridgehead atoms. The van der Waals surface area contributed by atoms with E-state index < -0.39 is 10.0 Å². The van der Waals surface area contributed by atoms with Gasteiger partial charge >= 0.3 is 0 Å². The molecule has 3 rings (SSSR count). The van der Waals surface area contributed by atoms with Gasteiger partial charge in [-0.1, -0.05) is 6.07 Å². The van der Waals surface area contributed by atoms with Crippen molar-refractivity contribution in [2.45, 2.75) is 44.6 Å². The first-order chi connectivity index (χ1) is 14.1. The molecule has 0 radical (unpaired) electrons. The maximum absolute atomic E-state index is 12.6. The second-order valence-corrected chi connectivity index (χ2v) is 10.0. The summed E-state index contributed by atoms with van der Waals surface area (Å²) in [6.45, 7) is 5.35. The van der Waals surface area contributed by atoms with Crippen LogP contribution in [0.4, 0.5) is 11.4 Å². The van der Waals surface area contributed by atoms with Crippen LogP contribution in [0.25, 0.3) is 0 Å². The van der Waals surface area contributed by atoms with Gasteiger partial charge in [0, 0.05) is 36.1 Å². The second kappa shape index (κ2) is 8.87. The van der Waals surface area contributed by atoms with Crippen LogP contribution in [-0.4, -0.2) is 32.8 Å². The summed E-state index contributed by atoms with van der Waals surface area (Å²) < 4.78 is 28.5. The highest BCUT2D eigenvalue weighted by atomic mass is 79.9. The summed E-state index contributed by atoms with van der Waals surface area (Å²) >= 11 is 3.40. The lowest BCUT2D eigenvalue weighted by Gasteiger charge is -2.20. The average molecular weight is 494 g/mol. The van der Waals surface area contributed by atoms with E-state index in [2.05, 4.69) is 26.0 Å². The molecule has 1 aliphatic rings. The van der Waals surface area contributed by atoms with E-state index in [1.807, 2.05) is 26.0 Å². The molecule has 0 spiro atoms. The summed E-state index contributed by atoms with van der Waals surface area (Å²) in [5.74, 6) is -0.358. The topological polar surface area (TPSA) is 95.6 Å². The SMILES string of the molecule is CC(=O)N1c2ccc(S(=O)(=O)NCCC(=O)Nc3ccc(C)cc3Br)cc2C[C@@H]1C. The molecule has 0 saturated carbocycles. The molecule has 0 saturated heterocycles. The number of aryl methyl sites for hydroxylation is 1. The van der Waals surface area contributed by atoms with E-state index in [-0.39, 0.29) is 35.7 Å². The number of halogens is 1. The van der Waals surface area contributed by atoms with Crippen LogP contribution in [0.5, 0.6) is 0 Å². The van der Waals surface area contributed by atoms with Crippen molar-refractivity contribution in [3.63, 3.8) is 0 Å². The zero-order chi connectivity index (χ0) is 22.1. The van der Waals surface area contributed by atoms with Gasteiger partial charge in [-0.25, -0.2) is 13.1 Å². The predicted octanol–water partition coefficient (Wildman–Crippen LogP) is 3.36. The number of benzene rings is 2. The van der Waals surface area contributed by atoms with Crippen LogP contribution in [0.15, 0.2) is 45.8 Å². The van der Waals surface area contributed by atoms with Crippen molar-refractivity contribution in [3.8, 4) is 0 Å². The number of carbonyl (C=O) groups is 2. The largest absolute Gasteiger partial charge is 0.325 e. The first-order valence-electron chi connectivity index (χ1n) is 9.57. The number of sulfonamides is 1. The molecule has 0 fully saturated rings. The van der Waals surface area contributed by atoms with Gasteiger partial charge in [-0.2, -0.15) is 0 Å². The Morgan fingerprint density at radius 3 is 2.60 bits per heavy atom. The molecule has 30 heavy (non-hydrogen) atoms. The Morgan fingerprint density at radius 2 is 1.93 bits per heavy atom. The summed E-state index contributed by atoms with van der Waals surface area (Å²) in [6, 6.07) is 10.3. The number of nitrogens with zero attached hydrogens (tertiary/aromatic N) is 1. The third-order valence-corrected chi connectivity index (χ3v) is 7.07. The van der Waals surface area contributed by atoms with Gasteiger partial charge in [-0.05, 0) is 77.7 Å². The quantitative estimate of drug-likeness (QED) is 0.644. The highest BCUT2D eigenvalue weighted by molar-refractivity contribution is 9.10. The lowest BCUT2D eigenvalue weighted by atomic mass is 10.1. The number of rotatable bonds is 6. The zero-order valence-electron chi connectivity index (χ0n) is 17.0. The average Bonchev–Trinajstić information content (AvgIpc) is 2.99. The Hall–Kier alpha value is -2.23. The van der Waals surface area contributed by atoms with Crippen LogP contribution in [0.3, 0.4) is 0 Å². The van der Waals surface area contributed by atoms with Gasteiger partial charge < -0.3 is 10.2 Å². The summed E-state index contributed by atoms with van der Waals surface area (Å²) in [5.41, 5.74) is 3.26. The smallest absolute Gasteiger partial charge is 0.240 e. The first kappa shape index (κ1) is 22.5. The van der Waals surface area contributed by atoms with E-state index in [4.69, 9.17) is 0 Å². The molecular formula is C21H24BrN3O4S. The van der Waals surface area contributed by atoms with Crippen molar-refractivity contribution in [2.75, 3.05) is 16.8 Å². The maximum Gasteiger partial charge on any atom is 0.240 e. The van der Waals surface area contributed by atoms with E-state index in [9.17, 15) is 18.0 Å². The molecule has 1 heterocycles. The van der Waals surface area contributed by atoms with Crippen molar-refractivity contribution in [2.24, 2.45) is 0 Å². The lowest BCUT2D eigenvalue weighted by Crippen LogP contribution is -2.33. The van der Waals surface area contributed by atoms with Crippen molar-refractivity contribution in [1.82, 2.24) is 4.72 Å². The number of amides is 2. The highest BCUT2D eigenvalue weighted by Gasteiger charge is 2.30. The van der Waals surface area contributed by atoms with Crippen molar-refractivity contribution >= 4 is 49.1 Å². The van der Waals surface area contributed by atoms with Gasteiger partial charge in [0.1, 0.15) is 0 Å². The Balaban J connectivity index is 1.61. The van der Waals surface area contributed by atoms with Crippen LogP contribution < -0.4 is 14.9 Å². The summed E-state index contributed by atoms with van der Waals surface area (Å²) in [4.78, 5) is 25.8. The number of carbonyl (C=O) groups excluding carboxylic acids is 2. The molecule has 2 aromatic rings. The Morgan fingerprint density at radius 1 is 1.20 bits per heavy atom. The predicted molar refractivity (Wildman–Crippen MR) is 120 cm³/mol. The molecule has 2 aromatic carbocycles. The molecule has 2 amide bonds. The summed E-state index contributed by atoms with van der Waals surface area (Å²) in [7, 11) is -3.76. The fraction of sp³-hybridized carbons (Fsp3) is 0.333. The van der Waals surface area contributed by atoms with Crippen molar-refractivity contribution < 1.29 is 18.0 Å². The van der Waals surface area contributed by atoms with Gasteiger partial charge in [0.05, 0.1) is 10.6 Å². The van der Waals surface area contributed by atoms with Crippen LogP contribution >= 0.6 is 15.9 Å². The normalized spacial score (nSPS) is 15.7.